The molecular weight excluding hydrogens is 216 g/mol. The molecule has 2 nitrogen and oxygen atoms in total. The Balaban J connectivity index is 2.53. The molecule has 1 aromatic rings. The number of hydrogen-bond donors (Lipinski definition) is 1. The second-order valence-corrected chi connectivity index (χ2v) is 5.77. The molecule has 0 bridgehead atoms. The van der Waals surface area contributed by atoms with Crippen LogP contribution in [0.3, 0.4) is 0 Å². The molecule has 1 N–H and O–H groups in total. The number of rotatable bonds is 7. The molecule has 0 unspecified atom stereocenters. The summed E-state index contributed by atoms with van der Waals surface area (Å²) in [6, 6.07) is 0. The Bertz CT molecular complexity index is 305. The van der Waals surface area contributed by atoms with Gasteiger partial charge in [0.15, 0.2) is 0 Å². The van der Waals surface area contributed by atoms with E-state index >= 15 is 0 Å². The van der Waals surface area contributed by atoms with Crippen LogP contribution in [0.5, 0.6) is 0 Å². The maximum Gasteiger partial charge on any atom is 0.107 e. The van der Waals surface area contributed by atoms with E-state index in [1.807, 2.05) is 11.3 Å². The minimum absolute atomic E-state index is 0.709. The van der Waals surface area contributed by atoms with Crippen molar-refractivity contribution in [3.05, 3.63) is 15.6 Å². The summed E-state index contributed by atoms with van der Waals surface area (Å²) in [6.45, 7) is 10.9. The topological polar surface area (TPSA) is 24.9 Å². The predicted octanol–water partition coefficient (Wildman–Crippen LogP) is 3.40. The Morgan fingerprint density at radius 2 is 2.06 bits per heavy atom. The minimum atomic E-state index is 0.709. The number of nitrogens with zero attached hydrogens (tertiary/aromatic N) is 1. The van der Waals surface area contributed by atoms with Crippen LogP contribution >= 0.6 is 11.3 Å². The van der Waals surface area contributed by atoms with E-state index in [2.05, 4.69) is 33.0 Å². The maximum atomic E-state index is 4.72. The van der Waals surface area contributed by atoms with E-state index in [1.54, 1.807) is 0 Å². The SMILES string of the molecule is CCCc1nc(CNCC(C)C)sc1CC. The van der Waals surface area contributed by atoms with Gasteiger partial charge in [-0.3, -0.25) is 0 Å². The van der Waals surface area contributed by atoms with Crippen LogP contribution in [0.15, 0.2) is 0 Å². The van der Waals surface area contributed by atoms with Gasteiger partial charge < -0.3 is 5.32 Å². The second kappa shape index (κ2) is 7.02. The van der Waals surface area contributed by atoms with Crippen LogP contribution in [-0.4, -0.2) is 11.5 Å². The summed E-state index contributed by atoms with van der Waals surface area (Å²) in [5.74, 6) is 0.709. The molecule has 1 rings (SSSR count). The molecule has 0 aliphatic heterocycles. The fourth-order valence-electron chi connectivity index (χ4n) is 1.69. The lowest BCUT2D eigenvalue weighted by molar-refractivity contribution is 0.551. The summed E-state index contributed by atoms with van der Waals surface area (Å²) in [7, 11) is 0. The molecule has 0 radical (unpaired) electrons. The minimum Gasteiger partial charge on any atom is -0.310 e. The highest BCUT2D eigenvalue weighted by molar-refractivity contribution is 7.11. The van der Waals surface area contributed by atoms with Crippen molar-refractivity contribution in [3.63, 3.8) is 0 Å². The molecule has 1 aromatic heterocycles. The second-order valence-electron chi connectivity index (χ2n) is 4.61. The van der Waals surface area contributed by atoms with Gasteiger partial charge in [-0.2, -0.15) is 0 Å². The molecule has 92 valence electrons. The Morgan fingerprint density at radius 1 is 1.31 bits per heavy atom. The Morgan fingerprint density at radius 3 is 2.62 bits per heavy atom. The van der Waals surface area contributed by atoms with Gasteiger partial charge in [0.1, 0.15) is 5.01 Å². The lowest BCUT2D eigenvalue weighted by Crippen LogP contribution is -2.18. The van der Waals surface area contributed by atoms with Gasteiger partial charge >= 0.3 is 0 Å². The Kier molecular flexibility index (Phi) is 5.99. The third kappa shape index (κ3) is 4.22. The van der Waals surface area contributed by atoms with Crippen LogP contribution in [0.4, 0.5) is 0 Å². The van der Waals surface area contributed by atoms with Crippen molar-refractivity contribution >= 4 is 11.3 Å². The molecule has 0 amide bonds. The first-order valence-electron chi connectivity index (χ1n) is 6.35. The number of thiazole rings is 1. The molecular formula is C13H24N2S. The van der Waals surface area contributed by atoms with Crippen molar-refractivity contribution in [2.75, 3.05) is 6.54 Å². The third-order valence-electron chi connectivity index (χ3n) is 2.46. The van der Waals surface area contributed by atoms with Crippen LogP contribution in [0, 0.1) is 5.92 Å². The summed E-state index contributed by atoms with van der Waals surface area (Å²) < 4.78 is 0. The molecule has 16 heavy (non-hydrogen) atoms. The van der Waals surface area contributed by atoms with Gasteiger partial charge in [0.2, 0.25) is 0 Å². The van der Waals surface area contributed by atoms with Crippen LogP contribution in [0.1, 0.15) is 49.7 Å². The monoisotopic (exact) mass is 240 g/mol. The Labute approximate surface area is 103 Å². The van der Waals surface area contributed by atoms with Crippen LogP contribution in [0.2, 0.25) is 0 Å². The van der Waals surface area contributed by atoms with Gasteiger partial charge in [0, 0.05) is 11.4 Å². The highest BCUT2D eigenvalue weighted by atomic mass is 32.1. The quantitative estimate of drug-likeness (QED) is 0.790. The molecule has 0 aliphatic carbocycles. The fraction of sp³-hybridized carbons (Fsp3) is 0.769. The average molecular weight is 240 g/mol. The van der Waals surface area contributed by atoms with E-state index < -0.39 is 0 Å². The van der Waals surface area contributed by atoms with E-state index in [0.29, 0.717) is 5.92 Å². The van der Waals surface area contributed by atoms with Gasteiger partial charge in [0.25, 0.3) is 0 Å². The zero-order valence-corrected chi connectivity index (χ0v) is 11.8. The van der Waals surface area contributed by atoms with Crippen molar-refractivity contribution in [1.82, 2.24) is 10.3 Å². The van der Waals surface area contributed by atoms with E-state index in [1.165, 1.54) is 22.0 Å². The summed E-state index contributed by atoms with van der Waals surface area (Å²) >= 11 is 1.88. The molecule has 0 aliphatic rings. The predicted molar refractivity (Wildman–Crippen MR) is 72.0 cm³/mol. The van der Waals surface area contributed by atoms with Crippen molar-refractivity contribution in [1.29, 1.82) is 0 Å². The first kappa shape index (κ1) is 13.7. The number of aryl methyl sites for hydroxylation is 2. The molecule has 0 saturated heterocycles. The number of aromatic nitrogens is 1. The molecule has 0 aromatic carbocycles. The van der Waals surface area contributed by atoms with Gasteiger partial charge in [-0.05, 0) is 25.3 Å². The first-order valence-corrected chi connectivity index (χ1v) is 7.17. The summed E-state index contributed by atoms with van der Waals surface area (Å²) in [5, 5.41) is 4.71. The maximum absolute atomic E-state index is 4.72. The van der Waals surface area contributed by atoms with Crippen molar-refractivity contribution in [2.24, 2.45) is 5.92 Å². The largest absolute Gasteiger partial charge is 0.310 e. The normalized spacial score (nSPS) is 11.3. The van der Waals surface area contributed by atoms with E-state index in [4.69, 9.17) is 4.98 Å². The van der Waals surface area contributed by atoms with Gasteiger partial charge in [-0.1, -0.05) is 34.1 Å². The highest BCUT2D eigenvalue weighted by Gasteiger charge is 2.08. The van der Waals surface area contributed by atoms with Gasteiger partial charge in [-0.25, -0.2) is 4.98 Å². The third-order valence-corrected chi connectivity index (χ3v) is 3.70. The van der Waals surface area contributed by atoms with E-state index in [0.717, 1.165) is 25.9 Å². The number of hydrogen-bond acceptors (Lipinski definition) is 3. The average Bonchev–Trinajstić information content (AvgIpc) is 2.61. The van der Waals surface area contributed by atoms with Gasteiger partial charge in [0.05, 0.1) is 5.69 Å². The zero-order chi connectivity index (χ0) is 12.0. The lowest BCUT2D eigenvalue weighted by atomic mass is 10.2. The summed E-state index contributed by atoms with van der Waals surface area (Å²) in [6.07, 6.45) is 3.44. The molecule has 0 atom stereocenters. The van der Waals surface area contributed by atoms with Gasteiger partial charge in [-0.15, -0.1) is 11.3 Å². The molecule has 0 spiro atoms. The lowest BCUT2D eigenvalue weighted by Gasteiger charge is -2.04. The fourth-order valence-corrected chi connectivity index (χ4v) is 2.71. The molecule has 0 fully saturated rings. The van der Waals surface area contributed by atoms with Crippen molar-refractivity contribution in [2.45, 2.75) is 53.5 Å². The van der Waals surface area contributed by atoms with Crippen LogP contribution < -0.4 is 5.32 Å². The summed E-state index contributed by atoms with van der Waals surface area (Å²) in [5.41, 5.74) is 1.33. The standard InChI is InChI=1S/C13H24N2S/c1-5-7-11-12(6-2)16-13(15-11)9-14-8-10(3)4/h10,14H,5-9H2,1-4H3. The van der Waals surface area contributed by atoms with Crippen molar-refractivity contribution in [3.8, 4) is 0 Å². The zero-order valence-electron chi connectivity index (χ0n) is 11.0. The number of nitrogens with one attached hydrogen (secondary N) is 1. The first-order chi connectivity index (χ1) is 7.67. The molecule has 1 heterocycles. The summed E-state index contributed by atoms with van der Waals surface area (Å²) in [4.78, 5) is 6.20. The van der Waals surface area contributed by atoms with Crippen molar-refractivity contribution < 1.29 is 0 Å². The highest BCUT2D eigenvalue weighted by Crippen LogP contribution is 2.20. The van der Waals surface area contributed by atoms with E-state index in [9.17, 15) is 0 Å². The van der Waals surface area contributed by atoms with Crippen LogP contribution in [-0.2, 0) is 19.4 Å². The van der Waals surface area contributed by atoms with Crippen LogP contribution in [0.25, 0.3) is 0 Å². The Hall–Kier alpha value is -0.410. The molecule has 3 heteroatoms. The molecule has 0 saturated carbocycles. The van der Waals surface area contributed by atoms with E-state index in [-0.39, 0.29) is 0 Å². The smallest absolute Gasteiger partial charge is 0.107 e.